The Hall–Kier alpha value is -3.00. The molecule has 2 amide bonds. The lowest BCUT2D eigenvalue weighted by Crippen LogP contribution is -2.47. The van der Waals surface area contributed by atoms with Gasteiger partial charge in [-0.2, -0.15) is 0 Å². The SMILES string of the molecule is Cc1cc(C(=O)N2CCC(C(=O)N3CCOCC3)CC2)c(C)n1-c1ccc2c(c1)OCCO2. The van der Waals surface area contributed by atoms with Gasteiger partial charge in [0.1, 0.15) is 13.2 Å². The molecular weight excluding hydrogens is 422 g/mol. The fourth-order valence-corrected chi connectivity index (χ4v) is 5.09. The van der Waals surface area contributed by atoms with Crippen LogP contribution in [0.4, 0.5) is 0 Å². The maximum atomic E-state index is 13.4. The summed E-state index contributed by atoms with van der Waals surface area (Å²) in [5.41, 5.74) is 3.55. The van der Waals surface area contributed by atoms with Crippen molar-refractivity contribution in [3.63, 3.8) is 0 Å². The van der Waals surface area contributed by atoms with Crippen molar-refractivity contribution in [1.82, 2.24) is 14.4 Å². The van der Waals surface area contributed by atoms with Crippen molar-refractivity contribution in [2.24, 2.45) is 5.92 Å². The molecule has 1 aromatic carbocycles. The zero-order chi connectivity index (χ0) is 22.9. The van der Waals surface area contributed by atoms with E-state index in [0.717, 1.165) is 28.6 Å². The van der Waals surface area contributed by atoms with Gasteiger partial charge in [-0.25, -0.2) is 0 Å². The predicted molar refractivity (Wildman–Crippen MR) is 122 cm³/mol. The molecule has 0 atom stereocenters. The second-order valence-electron chi connectivity index (χ2n) is 8.95. The number of carbonyl (C=O) groups is 2. The molecule has 4 heterocycles. The van der Waals surface area contributed by atoms with E-state index in [-0.39, 0.29) is 17.7 Å². The first-order valence-electron chi connectivity index (χ1n) is 11.8. The Morgan fingerprint density at radius 2 is 1.55 bits per heavy atom. The number of likely N-dealkylation sites (tertiary alicyclic amines) is 1. The standard InChI is InChI=1S/C25H31N3O5/c1-17-15-21(18(2)28(17)20-3-4-22-23(16-20)33-14-13-32-22)25(30)26-7-5-19(6-8-26)24(29)27-9-11-31-12-10-27/h3-4,15-16,19H,5-14H2,1-2H3. The number of rotatable bonds is 3. The molecule has 8 heteroatoms. The lowest BCUT2D eigenvalue weighted by molar-refractivity contribution is -0.141. The molecule has 0 unspecified atom stereocenters. The van der Waals surface area contributed by atoms with Crippen molar-refractivity contribution in [3.05, 3.63) is 41.2 Å². The molecule has 0 radical (unpaired) electrons. The number of nitrogens with zero attached hydrogens (tertiary/aromatic N) is 3. The summed E-state index contributed by atoms with van der Waals surface area (Å²) < 4.78 is 18.8. The monoisotopic (exact) mass is 453 g/mol. The van der Waals surface area contributed by atoms with E-state index >= 15 is 0 Å². The van der Waals surface area contributed by atoms with Gasteiger partial charge in [0.05, 0.1) is 18.8 Å². The first-order chi connectivity index (χ1) is 16.0. The van der Waals surface area contributed by atoms with Crippen LogP contribution in [0.5, 0.6) is 11.5 Å². The van der Waals surface area contributed by atoms with Crippen LogP contribution < -0.4 is 9.47 Å². The van der Waals surface area contributed by atoms with Gasteiger partial charge in [-0.05, 0) is 44.9 Å². The zero-order valence-corrected chi connectivity index (χ0v) is 19.3. The molecule has 8 nitrogen and oxygen atoms in total. The van der Waals surface area contributed by atoms with E-state index in [0.29, 0.717) is 71.0 Å². The zero-order valence-electron chi connectivity index (χ0n) is 19.3. The topological polar surface area (TPSA) is 73.2 Å². The quantitative estimate of drug-likeness (QED) is 0.714. The number of morpholine rings is 1. The van der Waals surface area contributed by atoms with Crippen molar-refractivity contribution in [1.29, 1.82) is 0 Å². The highest BCUT2D eigenvalue weighted by Crippen LogP contribution is 2.34. The summed E-state index contributed by atoms with van der Waals surface area (Å²) in [5.74, 6) is 1.72. The molecule has 1 aromatic heterocycles. The molecule has 0 bridgehead atoms. The average Bonchev–Trinajstić information content (AvgIpc) is 3.17. The van der Waals surface area contributed by atoms with Crippen molar-refractivity contribution in [2.75, 3.05) is 52.6 Å². The van der Waals surface area contributed by atoms with E-state index in [9.17, 15) is 9.59 Å². The van der Waals surface area contributed by atoms with Gasteiger partial charge in [0.2, 0.25) is 5.91 Å². The lowest BCUT2D eigenvalue weighted by Gasteiger charge is -2.35. The Bertz CT molecular complexity index is 1050. The van der Waals surface area contributed by atoms with Gasteiger partial charge in [-0.3, -0.25) is 9.59 Å². The summed E-state index contributed by atoms with van der Waals surface area (Å²) in [5, 5.41) is 0. The first kappa shape index (κ1) is 21.8. The molecule has 5 rings (SSSR count). The number of carbonyl (C=O) groups excluding carboxylic acids is 2. The highest BCUT2D eigenvalue weighted by Gasteiger charge is 2.32. The Morgan fingerprint density at radius 3 is 2.27 bits per heavy atom. The largest absolute Gasteiger partial charge is 0.486 e. The maximum Gasteiger partial charge on any atom is 0.255 e. The Labute approximate surface area is 194 Å². The van der Waals surface area contributed by atoms with Crippen molar-refractivity contribution >= 4 is 11.8 Å². The number of ether oxygens (including phenoxy) is 3. The van der Waals surface area contributed by atoms with Gasteiger partial charge in [0, 0.05) is 55.2 Å². The van der Waals surface area contributed by atoms with Gasteiger partial charge in [0.15, 0.2) is 11.5 Å². The van der Waals surface area contributed by atoms with E-state index in [4.69, 9.17) is 14.2 Å². The summed E-state index contributed by atoms with van der Waals surface area (Å²) in [6.07, 6.45) is 1.42. The third-order valence-corrected chi connectivity index (χ3v) is 6.90. The smallest absolute Gasteiger partial charge is 0.255 e. The number of benzene rings is 1. The van der Waals surface area contributed by atoms with Gasteiger partial charge in [0.25, 0.3) is 5.91 Å². The van der Waals surface area contributed by atoms with Crippen LogP contribution in [0.3, 0.4) is 0 Å². The highest BCUT2D eigenvalue weighted by molar-refractivity contribution is 5.96. The fraction of sp³-hybridized carbons (Fsp3) is 0.520. The minimum atomic E-state index is -0.00250. The maximum absolute atomic E-state index is 13.4. The van der Waals surface area contributed by atoms with Crippen LogP contribution in [0, 0.1) is 19.8 Å². The third kappa shape index (κ3) is 4.19. The van der Waals surface area contributed by atoms with Gasteiger partial charge in [-0.15, -0.1) is 0 Å². The normalized spacial score (nSPS) is 19.0. The molecule has 0 saturated carbocycles. The molecule has 33 heavy (non-hydrogen) atoms. The fourth-order valence-electron chi connectivity index (χ4n) is 5.09. The van der Waals surface area contributed by atoms with Crippen molar-refractivity contribution in [2.45, 2.75) is 26.7 Å². The molecule has 2 saturated heterocycles. The minimum absolute atomic E-state index is 0.00250. The number of piperidine rings is 1. The molecule has 0 spiro atoms. The number of aromatic nitrogens is 1. The summed E-state index contributed by atoms with van der Waals surface area (Å²) in [6, 6.07) is 7.83. The highest BCUT2D eigenvalue weighted by atomic mass is 16.6. The molecule has 0 N–H and O–H groups in total. The molecule has 2 aromatic rings. The number of aryl methyl sites for hydroxylation is 1. The van der Waals surface area contributed by atoms with Gasteiger partial charge < -0.3 is 28.6 Å². The Balaban J connectivity index is 1.29. The number of hydrogen-bond acceptors (Lipinski definition) is 5. The van der Waals surface area contributed by atoms with Gasteiger partial charge in [-0.1, -0.05) is 0 Å². The van der Waals surface area contributed by atoms with Crippen LogP contribution in [0.25, 0.3) is 5.69 Å². The van der Waals surface area contributed by atoms with E-state index in [1.165, 1.54) is 0 Å². The molecule has 3 aliphatic heterocycles. The van der Waals surface area contributed by atoms with Crippen LogP contribution in [-0.2, 0) is 9.53 Å². The molecular formula is C25H31N3O5. The second kappa shape index (κ2) is 9.09. The van der Waals surface area contributed by atoms with Crippen LogP contribution in [0.2, 0.25) is 0 Å². The number of hydrogen-bond donors (Lipinski definition) is 0. The number of fused-ring (bicyclic) bond motifs is 1. The summed E-state index contributed by atoms with van der Waals surface area (Å²) in [4.78, 5) is 30.0. The van der Waals surface area contributed by atoms with Crippen molar-refractivity contribution < 1.29 is 23.8 Å². The molecule has 2 fully saturated rings. The third-order valence-electron chi connectivity index (χ3n) is 6.90. The average molecular weight is 454 g/mol. The van der Waals surface area contributed by atoms with E-state index in [2.05, 4.69) is 4.57 Å². The Morgan fingerprint density at radius 1 is 0.848 bits per heavy atom. The molecule has 176 valence electrons. The summed E-state index contributed by atoms with van der Waals surface area (Å²) in [7, 11) is 0. The first-order valence-corrected chi connectivity index (χ1v) is 11.8. The summed E-state index contributed by atoms with van der Waals surface area (Å²) >= 11 is 0. The summed E-state index contributed by atoms with van der Waals surface area (Å²) in [6.45, 7) is 8.85. The van der Waals surface area contributed by atoms with Crippen LogP contribution in [0.1, 0.15) is 34.6 Å². The van der Waals surface area contributed by atoms with Gasteiger partial charge >= 0.3 is 0 Å². The minimum Gasteiger partial charge on any atom is -0.486 e. The van der Waals surface area contributed by atoms with E-state index in [1.807, 2.05) is 47.9 Å². The predicted octanol–water partition coefficient (Wildman–Crippen LogP) is 2.58. The van der Waals surface area contributed by atoms with Crippen molar-refractivity contribution in [3.8, 4) is 17.2 Å². The van der Waals surface area contributed by atoms with Crippen LogP contribution in [-0.4, -0.2) is 78.8 Å². The van der Waals surface area contributed by atoms with E-state index < -0.39 is 0 Å². The Kier molecular flexibility index (Phi) is 6.01. The molecule has 0 aliphatic carbocycles. The van der Waals surface area contributed by atoms with Crippen LogP contribution in [0.15, 0.2) is 24.3 Å². The second-order valence-corrected chi connectivity index (χ2v) is 8.95. The lowest BCUT2D eigenvalue weighted by atomic mass is 9.94. The van der Waals surface area contributed by atoms with Crippen LogP contribution >= 0.6 is 0 Å². The van der Waals surface area contributed by atoms with E-state index in [1.54, 1.807) is 0 Å². The molecule has 3 aliphatic rings. The number of amides is 2.